The normalized spacial score (nSPS) is 27.7. The molecule has 3 amide bonds. The molecule has 0 spiro atoms. The van der Waals surface area contributed by atoms with Crippen LogP contribution in [0, 0.1) is 0 Å². The van der Waals surface area contributed by atoms with Gasteiger partial charge < -0.3 is 5.11 Å². The van der Waals surface area contributed by atoms with Crippen LogP contribution in [0.4, 0.5) is 0 Å². The maximum Gasteiger partial charge on any atom is 0.256 e. The summed E-state index contributed by atoms with van der Waals surface area (Å²) in [7, 11) is 0. The summed E-state index contributed by atoms with van der Waals surface area (Å²) in [4.78, 5) is 34.8. The first kappa shape index (κ1) is 14.5. The number of imide groups is 1. The van der Waals surface area contributed by atoms with Crippen LogP contribution in [-0.4, -0.2) is 49.1 Å². The molecular weight excluding hydrogens is 248 g/mol. The Hall–Kier alpha value is -1.55. The largest absolute Gasteiger partial charge is 0.369 e. The van der Waals surface area contributed by atoms with E-state index in [0.717, 1.165) is 0 Å². The third-order valence-corrected chi connectivity index (χ3v) is 2.59. The number of nitrogens with zero attached hydrogens (tertiary/aromatic N) is 2. The molecule has 0 saturated carbocycles. The van der Waals surface area contributed by atoms with E-state index in [0.29, 0.717) is 16.5 Å². The number of amides is 3. The van der Waals surface area contributed by atoms with Gasteiger partial charge in [0, 0.05) is 25.7 Å². The molecule has 18 heavy (non-hydrogen) atoms. The lowest BCUT2D eigenvalue weighted by molar-refractivity contribution is -0.360. The first-order valence-corrected chi connectivity index (χ1v) is 5.21. The summed E-state index contributed by atoms with van der Waals surface area (Å²) in [6.45, 7) is 1.40. The first-order chi connectivity index (χ1) is 8.29. The second kappa shape index (κ2) is 5.40. The number of hydrogen-bond donors (Lipinski definition) is 3. The highest BCUT2D eigenvalue weighted by Crippen LogP contribution is 2.24. The van der Waals surface area contributed by atoms with Crippen LogP contribution < -0.4 is 0 Å². The Bertz CT molecular complexity index is 352. The Labute approximate surface area is 102 Å². The predicted molar refractivity (Wildman–Crippen MR) is 53.3 cm³/mol. The molecule has 0 aromatic carbocycles. The van der Waals surface area contributed by atoms with Gasteiger partial charge in [-0.05, 0) is 6.92 Å². The van der Waals surface area contributed by atoms with E-state index >= 15 is 0 Å². The van der Waals surface area contributed by atoms with Gasteiger partial charge in [-0.25, -0.2) is 5.26 Å². The Balaban J connectivity index is 0.000000180. The molecule has 1 atom stereocenters. The molecular formula is C9H14N2O7. The van der Waals surface area contributed by atoms with Crippen molar-refractivity contribution in [3.8, 4) is 0 Å². The van der Waals surface area contributed by atoms with Crippen LogP contribution in [0.1, 0.15) is 32.6 Å². The van der Waals surface area contributed by atoms with Crippen molar-refractivity contribution < 1.29 is 34.9 Å². The van der Waals surface area contributed by atoms with Crippen LogP contribution >= 0.6 is 0 Å². The van der Waals surface area contributed by atoms with Crippen molar-refractivity contribution in [1.29, 1.82) is 0 Å². The highest BCUT2D eigenvalue weighted by atomic mass is 17.2. The van der Waals surface area contributed by atoms with Gasteiger partial charge in [-0.1, -0.05) is 0 Å². The van der Waals surface area contributed by atoms with Crippen molar-refractivity contribution >= 4 is 17.7 Å². The zero-order valence-electron chi connectivity index (χ0n) is 9.70. The van der Waals surface area contributed by atoms with Gasteiger partial charge in [-0.2, -0.15) is 5.06 Å². The van der Waals surface area contributed by atoms with Crippen LogP contribution in [0.5, 0.6) is 0 Å². The monoisotopic (exact) mass is 262 g/mol. The van der Waals surface area contributed by atoms with Gasteiger partial charge >= 0.3 is 0 Å². The molecule has 0 aliphatic carbocycles. The topological polar surface area (TPSA) is 128 Å². The van der Waals surface area contributed by atoms with Crippen LogP contribution in [0.15, 0.2) is 0 Å². The van der Waals surface area contributed by atoms with E-state index in [2.05, 4.69) is 4.99 Å². The summed E-state index contributed by atoms with van der Waals surface area (Å²) in [5, 5.41) is 26.5. The van der Waals surface area contributed by atoms with Crippen LogP contribution in [0.25, 0.3) is 0 Å². The molecule has 2 aliphatic heterocycles. The van der Waals surface area contributed by atoms with Crippen LogP contribution in [-0.2, 0) is 19.4 Å². The molecule has 2 aliphatic rings. The third-order valence-electron chi connectivity index (χ3n) is 2.59. The van der Waals surface area contributed by atoms with Gasteiger partial charge in [0.2, 0.25) is 5.91 Å². The molecule has 2 rings (SSSR count). The summed E-state index contributed by atoms with van der Waals surface area (Å²) in [5.41, 5.74) is -1.34. The smallest absolute Gasteiger partial charge is 0.256 e. The van der Waals surface area contributed by atoms with Gasteiger partial charge in [-0.3, -0.25) is 19.6 Å². The van der Waals surface area contributed by atoms with E-state index in [1.165, 1.54) is 6.92 Å². The number of aliphatic hydroxyl groups is 1. The summed E-state index contributed by atoms with van der Waals surface area (Å²) >= 11 is 0. The molecule has 9 heteroatoms. The maximum absolute atomic E-state index is 10.5. The minimum atomic E-state index is -1.34. The van der Waals surface area contributed by atoms with Crippen molar-refractivity contribution in [2.24, 2.45) is 0 Å². The third kappa shape index (κ3) is 3.01. The molecule has 0 bridgehead atoms. The molecule has 2 fully saturated rings. The summed E-state index contributed by atoms with van der Waals surface area (Å²) in [5.74, 6) is -1.41. The number of carbonyl (C=O) groups excluding carboxylic acids is 3. The number of hydrogen-bond acceptors (Lipinski definition) is 7. The van der Waals surface area contributed by atoms with Gasteiger partial charge in [0.25, 0.3) is 11.8 Å². The highest BCUT2D eigenvalue weighted by molar-refractivity contribution is 6.00. The van der Waals surface area contributed by atoms with E-state index in [1.807, 2.05) is 0 Å². The Morgan fingerprint density at radius 2 is 1.61 bits per heavy atom. The lowest BCUT2D eigenvalue weighted by atomic mass is 10.2. The van der Waals surface area contributed by atoms with Crippen LogP contribution in [0.3, 0.4) is 0 Å². The van der Waals surface area contributed by atoms with Gasteiger partial charge in [0.05, 0.1) is 0 Å². The fraction of sp³-hybridized carbons (Fsp3) is 0.667. The Morgan fingerprint density at radius 1 is 1.11 bits per heavy atom. The number of rotatable bonds is 1. The van der Waals surface area contributed by atoms with E-state index in [-0.39, 0.29) is 19.3 Å². The molecule has 2 heterocycles. The van der Waals surface area contributed by atoms with E-state index in [1.54, 1.807) is 0 Å². The molecule has 1 unspecified atom stereocenters. The van der Waals surface area contributed by atoms with Crippen molar-refractivity contribution in [1.82, 2.24) is 10.1 Å². The quantitative estimate of drug-likeness (QED) is 0.245. The fourth-order valence-electron chi connectivity index (χ4n) is 1.47. The van der Waals surface area contributed by atoms with Crippen molar-refractivity contribution in [3.63, 3.8) is 0 Å². The van der Waals surface area contributed by atoms with E-state index < -0.39 is 23.4 Å². The minimum Gasteiger partial charge on any atom is -0.369 e. The van der Waals surface area contributed by atoms with Crippen LogP contribution in [0.2, 0.25) is 0 Å². The maximum atomic E-state index is 10.5. The van der Waals surface area contributed by atoms with Gasteiger partial charge in [0.1, 0.15) is 0 Å². The molecule has 3 N–H and O–H groups in total. The first-order valence-electron chi connectivity index (χ1n) is 5.21. The molecule has 0 aromatic heterocycles. The SMILES string of the molecule is CC1(O)CCC(=O)N1O.O=C1CCC(=O)N1OO. The van der Waals surface area contributed by atoms with Crippen molar-refractivity contribution in [3.05, 3.63) is 0 Å². The molecule has 9 nitrogen and oxygen atoms in total. The van der Waals surface area contributed by atoms with Gasteiger partial charge in [0.15, 0.2) is 5.72 Å². The fourth-order valence-corrected chi connectivity index (χ4v) is 1.47. The van der Waals surface area contributed by atoms with E-state index in [9.17, 15) is 14.4 Å². The lowest BCUT2D eigenvalue weighted by Crippen LogP contribution is -2.40. The molecule has 102 valence electrons. The highest BCUT2D eigenvalue weighted by Gasteiger charge is 2.39. The Morgan fingerprint density at radius 3 is 1.78 bits per heavy atom. The summed E-state index contributed by atoms with van der Waals surface area (Å²) in [6, 6.07) is 0. The average molecular weight is 262 g/mol. The molecule has 0 radical (unpaired) electrons. The number of hydroxylamine groups is 4. The predicted octanol–water partition coefficient (Wildman–Crippen LogP) is -0.753. The Kier molecular flexibility index (Phi) is 4.35. The lowest BCUT2D eigenvalue weighted by Gasteiger charge is -2.22. The standard InChI is InChI=1S/C5H9NO3.C4H5NO4/c1-5(8)3-2-4(7)6(5)9;6-3-1-2-4(7)5(3)9-8/h8-9H,2-3H2,1H3;8H,1-2H2. The second-order valence-corrected chi connectivity index (χ2v) is 4.09. The average Bonchev–Trinajstić information content (AvgIpc) is 2.75. The zero-order valence-corrected chi connectivity index (χ0v) is 9.70. The zero-order chi connectivity index (χ0) is 13.9. The molecule has 2 saturated heterocycles. The molecule has 0 aromatic rings. The summed E-state index contributed by atoms with van der Waals surface area (Å²) < 4.78 is 0. The van der Waals surface area contributed by atoms with Gasteiger partial charge in [-0.15, -0.1) is 10.1 Å². The van der Waals surface area contributed by atoms with Crippen molar-refractivity contribution in [2.75, 3.05) is 0 Å². The summed E-state index contributed by atoms with van der Waals surface area (Å²) in [6.07, 6.45) is 0.782. The number of carbonyl (C=O) groups is 3. The van der Waals surface area contributed by atoms with Crippen molar-refractivity contribution in [2.45, 2.75) is 38.3 Å². The van der Waals surface area contributed by atoms with E-state index in [4.69, 9.17) is 15.6 Å². The second-order valence-electron chi connectivity index (χ2n) is 4.09. The minimum absolute atomic E-state index is 0.124.